The number of alkyl halides is 2. The van der Waals surface area contributed by atoms with Gasteiger partial charge in [-0.05, 0) is 31.9 Å². The molecule has 0 heterocycles. The summed E-state index contributed by atoms with van der Waals surface area (Å²) in [5.41, 5.74) is 1.04. The summed E-state index contributed by atoms with van der Waals surface area (Å²) < 4.78 is 28.1. The molecule has 1 aliphatic rings. The highest BCUT2D eigenvalue weighted by molar-refractivity contribution is 7.86. The van der Waals surface area contributed by atoms with Gasteiger partial charge in [0.2, 0.25) is 5.02 Å². The van der Waals surface area contributed by atoms with E-state index >= 15 is 0 Å². The van der Waals surface area contributed by atoms with Crippen molar-refractivity contribution in [2.24, 2.45) is 0 Å². The molecular formula is C11H14Cl2O4S. The lowest BCUT2D eigenvalue weighted by molar-refractivity contribution is 0.305. The highest BCUT2D eigenvalue weighted by Gasteiger charge is 2.29. The summed E-state index contributed by atoms with van der Waals surface area (Å²) in [7, 11) is -3.51. The van der Waals surface area contributed by atoms with E-state index in [-0.39, 0.29) is 11.0 Å². The molecule has 7 heteroatoms. The molecule has 0 spiro atoms. The molecule has 0 amide bonds. The van der Waals surface area contributed by atoms with E-state index < -0.39 is 15.1 Å². The Morgan fingerprint density at radius 1 is 1.28 bits per heavy atom. The molecule has 2 rings (SSSR count). The molecule has 1 fully saturated rings. The third kappa shape index (κ3) is 6.02. The van der Waals surface area contributed by atoms with Crippen LogP contribution in [0.2, 0.25) is 0 Å². The largest absolute Gasteiger partial charge is 0.365 e. The molecule has 1 aromatic carbocycles. The third-order valence-electron chi connectivity index (χ3n) is 2.10. The minimum atomic E-state index is -3.51. The zero-order valence-corrected chi connectivity index (χ0v) is 12.0. The van der Waals surface area contributed by atoms with E-state index in [1.54, 1.807) is 24.3 Å². The Bertz CT molecular complexity index is 464. The van der Waals surface area contributed by atoms with Crippen molar-refractivity contribution < 1.29 is 17.7 Å². The third-order valence-corrected chi connectivity index (χ3v) is 3.47. The van der Waals surface area contributed by atoms with Crippen molar-refractivity contribution in [1.29, 1.82) is 0 Å². The maximum absolute atomic E-state index is 11.6. The summed E-state index contributed by atoms with van der Waals surface area (Å²) in [4.78, 5) is 0.245. The van der Waals surface area contributed by atoms with Crippen molar-refractivity contribution >= 4 is 33.3 Å². The summed E-state index contributed by atoms with van der Waals surface area (Å²) in [6, 6.07) is 6.69. The number of hydrogen-bond acceptors (Lipinski definition) is 4. The van der Waals surface area contributed by atoms with Crippen LogP contribution in [0.15, 0.2) is 29.2 Å². The van der Waals surface area contributed by atoms with Crippen molar-refractivity contribution in [3.8, 4) is 0 Å². The van der Waals surface area contributed by atoms with Crippen molar-refractivity contribution in [1.82, 2.24) is 0 Å². The molecule has 0 atom stereocenters. The molecule has 1 saturated carbocycles. The Labute approximate surface area is 117 Å². The molecular weight excluding hydrogens is 299 g/mol. The van der Waals surface area contributed by atoms with Gasteiger partial charge in [0.05, 0.1) is 11.0 Å². The first kappa shape index (κ1) is 15.7. The number of aliphatic hydroxyl groups is 1. The molecule has 0 aromatic heterocycles. The van der Waals surface area contributed by atoms with Crippen LogP contribution in [0.25, 0.3) is 0 Å². The number of aliphatic hydroxyl groups excluding tert-OH is 1. The standard InChI is InChI=1S/C10H12O3S.CH2Cl2O/c1-8-2-6-10(7-3-8)14(11,12)13-9-4-5-9;2-1(3)4/h2-3,6-7,9H,4-5H2,1H3;1,4H. The van der Waals surface area contributed by atoms with Gasteiger partial charge in [0.1, 0.15) is 0 Å². The van der Waals surface area contributed by atoms with E-state index in [0.717, 1.165) is 18.4 Å². The SMILES string of the molecule is Cc1ccc(S(=O)(=O)OC2CC2)cc1.OC(Cl)Cl. The molecule has 4 nitrogen and oxygen atoms in total. The van der Waals surface area contributed by atoms with Crippen LogP contribution in [0.4, 0.5) is 0 Å². The Kier molecular flexibility index (Phi) is 5.88. The van der Waals surface area contributed by atoms with E-state index in [1.807, 2.05) is 6.92 Å². The topological polar surface area (TPSA) is 63.6 Å². The van der Waals surface area contributed by atoms with Gasteiger partial charge in [-0.3, -0.25) is 4.18 Å². The monoisotopic (exact) mass is 312 g/mol. The average molecular weight is 313 g/mol. The van der Waals surface area contributed by atoms with Crippen LogP contribution < -0.4 is 0 Å². The number of benzene rings is 1. The summed E-state index contributed by atoms with van der Waals surface area (Å²) in [6.07, 6.45) is 1.62. The quantitative estimate of drug-likeness (QED) is 0.688. The Balaban J connectivity index is 0.000000357. The number of hydrogen-bond donors (Lipinski definition) is 1. The van der Waals surface area contributed by atoms with Gasteiger partial charge in [-0.2, -0.15) is 8.42 Å². The molecule has 1 aliphatic carbocycles. The first-order valence-electron chi connectivity index (χ1n) is 5.27. The van der Waals surface area contributed by atoms with Crippen LogP contribution in [-0.2, 0) is 14.3 Å². The molecule has 1 aromatic rings. The zero-order valence-electron chi connectivity index (χ0n) is 9.71. The van der Waals surface area contributed by atoms with Crippen LogP contribution in [0.5, 0.6) is 0 Å². The van der Waals surface area contributed by atoms with Gasteiger partial charge in [0.25, 0.3) is 10.1 Å². The summed E-state index contributed by atoms with van der Waals surface area (Å²) >= 11 is 9.19. The molecule has 1 N–H and O–H groups in total. The van der Waals surface area contributed by atoms with E-state index in [4.69, 9.17) is 9.29 Å². The van der Waals surface area contributed by atoms with E-state index in [1.165, 1.54) is 0 Å². The lowest BCUT2D eigenvalue weighted by Gasteiger charge is -2.03. The van der Waals surface area contributed by atoms with Crippen LogP contribution in [0, 0.1) is 6.92 Å². The van der Waals surface area contributed by atoms with E-state index in [2.05, 4.69) is 23.2 Å². The molecule has 0 saturated heterocycles. The maximum atomic E-state index is 11.6. The van der Waals surface area contributed by atoms with Gasteiger partial charge in [0, 0.05) is 0 Å². The van der Waals surface area contributed by atoms with Gasteiger partial charge in [-0.15, -0.1) is 0 Å². The van der Waals surface area contributed by atoms with Crippen molar-refractivity contribution in [2.75, 3.05) is 0 Å². The molecule has 18 heavy (non-hydrogen) atoms. The Morgan fingerprint density at radius 2 is 1.72 bits per heavy atom. The lowest BCUT2D eigenvalue weighted by atomic mass is 10.2. The predicted octanol–water partition coefficient (Wildman–Crippen LogP) is 2.60. The summed E-state index contributed by atoms with van der Waals surface area (Å²) in [6.45, 7) is 1.91. The van der Waals surface area contributed by atoms with Gasteiger partial charge >= 0.3 is 0 Å². The second-order valence-corrected chi connectivity index (χ2v) is 6.46. The second kappa shape index (κ2) is 6.73. The fourth-order valence-electron chi connectivity index (χ4n) is 1.10. The van der Waals surface area contributed by atoms with Crippen LogP contribution in [0.1, 0.15) is 18.4 Å². The van der Waals surface area contributed by atoms with Crippen LogP contribution >= 0.6 is 23.2 Å². The molecule has 0 bridgehead atoms. The Morgan fingerprint density at radius 3 is 2.11 bits per heavy atom. The maximum Gasteiger partial charge on any atom is 0.297 e. The first-order chi connectivity index (χ1) is 8.31. The van der Waals surface area contributed by atoms with Crippen molar-refractivity contribution in [2.45, 2.75) is 35.8 Å². The zero-order chi connectivity index (χ0) is 13.8. The fraction of sp³-hybridized carbons (Fsp3) is 0.455. The fourth-order valence-corrected chi connectivity index (χ4v) is 2.24. The van der Waals surface area contributed by atoms with E-state index in [0.29, 0.717) is 0 Å². The lowest BCUT2D eigenvalue weighted by Crippen LogP contribution is -2.07. The van der Waals surface area contributed by atoms with Crippen LogP contribution in [0.3, 0.4) is 0 Å². The average Bonchev–Trinajstić information content (AvgIpc) is 3.00. The minimum absolute atomic E-state index is 0.0821. The van der Waals surface area contributed by atoms with Gasteiger partial charge < -0.3 is 5.11 Å². The van der Waals surface area contributed by atoms with Gasteiger partial charge in [-0.25, -0.2) is 0 Å². The first-order valence-corrected chi connectivity index (χ1v) is 7.55. The van der Waals surface area contributed by atoms with Gasteiger partial charge in [-0.1, -0.05) is 40.9 Å². The molecule has 0 aliphatic heterocycles. The number of aryl methyl sites for hydroxylation is 1. The molecule has 102 valence electrons. The minimum Gasteiger partial charge on any atom is -0.365 e. The van der Waals surface area contributed by atoms with Crippen LogP contribution in [-0.4, -0.2) is 24.7 Å². The molecule has 0 radical (unpaired) electrons. The normalized spacial score (nSPS) is 15.2. The highest BCUT2D eigenvalue weighted by Crippen LogP contribution is 2.28. The van der Waals surface area contributed by atoms with Crippen molar-refractivity contribution in [3.63, 3.8) is 0 Å². The van der Waals surface area contributed by atoms with Gasteiger partial charge in [0.15, 0.2) is 0 Å². The number of halogens is 2. The van der Waals surface area contributed by atoms with Crippen molar-refractivity contribution in [3.05, 3.63) is 29.8 Å². The summed E-state index contributed by atoms with van der Waals surface area (Å²) in [5, 5.41) is 6.36. The smallest absolute Gasteiger partial charge is 0.297 e. The second-order valence-electron chi connectivity index (χ2n) is 3.84. The summed E-state index contributed by atoms with van der Waals surface area (Å²) in [5.74, 6) is 0. The molecule has 0 unspecified atom stereocenters. The van der Waals surface area contributed by atoms with E-state index in [9.17, 15) is 8.42 Å². The number of rotatable bonds is 3. The highest BCUT2D eigenvalue weighted by atomic mass is 35.5. The Hall–Kier alpha value is -0.330. The predicted molar refractivity (Wildman–Crippen MR) is 70.2 cm³/mol.